The summed E-state index contributed by atoms with van der Waals surface area (Å²) in [4.78, 5) is 31.2. The predicted octanol–water partition coefficient (Wildman–Crippen LogP) is 2.19. The normalized spacial score (nSPS) is 18.3. The van der Waals surface area contributed by atoms with E-state index in [2.05, 4.69) is 20.5 Å². The van der Waals surface area contributed by atoms with Gasteiger partial charge in [-0.25, -0.2) is 0 Å². The molecule has 0 spiro atoms. The fourth-order valence-electron chi connectivity index (χ4n) is 3.59. The van der Waals surface area contributed by atoms with E-state index in [-0.39, 0.29) is 17.9 Å². The van der Waals surface area contributed by atoms with Crippen molar-refractivity contribution in [2.75, 3.05) is 13.6 Å². The Morgan fingerprint density at radius 1 is 1.23 bits per heavy atom. The molecule has 0 bridgehead atoms. The van der Waals surface area contributed by atoms with Gasteiger partial charge in [0.2, 0.25) is 5.91 Å². The molecular weight excluding hydrogens is 382 g/mol. The van der Waals surface area contributed by atoms with Crippen LogP contribution in [0, 0.1) is 6.92 Å². The van der Waals surface area contributed by atoms with Crippen molar-refractivity contribution in [2.45, 2.75) is 25.5 Å². The van der Waals surface area contributed by atoms with Crippen LogP contribution in [-0.2, 0) is 4.79 Å². The summed E-state index contributed by atoms with van der Waals surface area (Å²) in [7, 11) is 1.56. The molecule has 2 atom stereocenters. The van der Waals surface area contributed by atoms with E-state index < -0.39 is 6.04 Å². The number of benzene rings is 1. The first-order valence-corrected chi connectivity index (χ1v) is 9.77. The van der Waals surface area contributed by atoms with E-state index >= 15 is 0 Å². The molecule has 2 amide bonds. The Balaban J connectivity index is 1.53. The molecule has 0 aliphatic carbocycles. The molecule has 154 valence electrons. The van der Waals surface area contributed by atoms with Crippen LogP contribution >= 0.6 is 0 Å². The molecule has 3 heterocycles. The number of nitrogens with one attached hydrogen (secondary N) is 2. The fraction of sp³-hybridized carbons (Fsp3) is 0.273. The Labute approximate surface area is 174 Å². The maximum absolute atomic E-state index is 13.2. The number of nitrogens with zero attached hydrogens (tertiary/aromatic N) is 3. The summed E-state index contributed by atoms with van der Waals surface area (Å²) in [5.74, 6) is 0.0984. The maximum atomic E-state index is 13.2. The van der Waals surface area contributed by atoms with Gasteiger partial charge < -0.3 is 15.0 Å². The van der Waals surface area contributed by atoms with Crippen LogP contribution in [0.3, 0.4) is 0 Å². The number of aryl methyl sites for hydroxylation is 1. The van der Waals surface area contributed by atoms with Crippen molar-refractivity contribution < 1.29 is 14.3 Å². The average Bonchev–Trinajstić information content (AvgIpc) is 3.42. The lowest BCUT2D eigenvalue weighted by Gasteiger charge is -2.22. The largest absolute Gasteiger partial charge is 0.487 e. The van der Waals surface area contributed by atoms with Crippen molar-refractivity contribution >= 4 is 11.8 Å². The van der Waals surface area contributed by atoms with E-state index in [1.54, 1.807) is 37.6 Å². The lowest BCUT2D eigenvalue weighted by molar-refractivity contribution is -0.124. The minimum atomic E-state index is -0.615. The molecule has 1 aromatic carbocycles. The highest BCUT2D eigenvalue weighted by Gasteiger charge is 2.41. The van der Waals surface area contributed by atoms with Gasteiger partial charge in [0.25, 0.3) is 5.91 Å². The third-order valence-corrected chi connectivity index (χ3v) is 5.17. The highest BCUT2D eigenvalue weighted by Crippen LogP contribution is 2.26. The summed E-state index contributed by atoms with van der Waals surface area (Å²) >= 11 is 0. The van der Waals surface area contributed by atoms with Gasteiger partial charge in [0.05, 0.1) is 18.4 Å². The molecule has 30 heavy (non-hydrogen) atoms. The third kappa shape index (κ3) is 4.03. The summed E-state index contributed by atoms with van der Waals surface area (Å²) in [5.41, 5.74) is 3.08. The van der Waals surface area contributed by atoms with E-state index in [1.165, 1.54) is 4.90 Å². The molecular formula is C22H23N5O3. The summed E-state index contributed by atoms with van der Waals surface area (Å²) in [6, 6.07) is 12.6. The van der Waals surface area contributed by atoms with E-state index in [0.717, 1.165) is 11.1 Å². The van der Waals surface area contributed by atoms with Crippen molar-refractivity contribution in [3.8, 4) is 17.0 Å². The van der Waals surface area contributed by atoms with Crippen LogP contribution in [0.15, 0.2) is 54.9 Å². The molecule has 1 fully saturated rings. The molecule has 1 saturated heterocycles. The van der Waals surface area contributed by atoms with Crippen LogP contribution in [0.25, 0.3) is 11.3 Å². The summed E-state index contributed by atoms with van der Waals surface area (Å²) in [5, 5.41) is 9.72. The van der Waals surface area contributed by atoms with E-state index in [9.17, 15) is 9.59 Å². The molecule has 8 heteroatoms. The quantitative estimate of drug-likeness (QED) is 0.678. The zero-order chi connectivity index (χ0) is 21.1. The molecule has 0 radical (unpaired) electrons. The number of aromatic amines is 1. The second-order valence-electron chi connectivity index (χ2n) is 7.28. The fourth-order valence-corrected chi connectivity index (χ4v) is 3.59. The topological polar surface area (TPSA) is 100 Å². The van der Waals surface area contributed by atoms with Gasteiger partial charge in [0.15, 0.2) is 0 Å². The molecule has 3 aromatic rings. The molecule has 0 saturated carbocycles. The Bertz CT molecular complexity index is 1030. The summed E-state index contributed by atoms with van der Waals surface area (Å²) in [6.07, 6.45) is 3.37. The standard InChI is InChI=1S/C22H23N5O3/c1-14-5-7-15(8-6-14)18-11-19(26-25-18)22(29)27-13-17(10-20(27)21(28)23-2)30-16-4-3-9-24-12-16/h3-9,11-12,17,20H,10,13H2,1-2H3,(H,23,28)(H,25,26)/t17-,20-/m0/s1. The van der Waals surface area contributed by atoms with Gasteiger partial charge in [-0.2, -0.15) is 5.10 Å². The number of hydrogen-bond donors (Lipinski definition) is 2. The first-order chi connectivity index (χ1) is 14.5. The Kier molecular flexibility index (Phi) is 5.47. The number of likely N-dealkylation sites (N-methyl/N-ethyl adjacent to an activating group) is 1. The maximum Gasteiger partial charge on any atom is 0.272 e. The molecule has 4 rings (SSSR count). The molecule has 0 unspecified atom stereocenters. The van der Waals surface area contributed by atoms with Crippen LogP contribution in [0.5, 0.6) is 5.75 Å². The number of rotatable bonds is 5. The number of pyridine rings is 1. The van der Waals surface area contributed by atoms with E-state index in [0.29, 0.717) is 30.1 Å². The number of aromatic nitrogens is 3. The van der Waals surface area contributed by atoms with Gasteiger partial charge in [-0.1, -0.05) is 29.8 Å². The van der Waals surface area contributed by atoms with Crippen molar-refractivity contribution in [2.24, 2.45) is 0 Å². The first kappa shape index (κ1) is 19.6. The Hall–Kier alpha value is -3.68. The highest BCUT2D eigenvalue weighted by molar-refractivity contribution is 5.97. The smallest absolute Gasteiger partial charge is 0.272 e. The van der Waals surface area contributed by atoms with Crippen molar-refractivity contribution in [3.05, 3.63) is 66.1 Å². The van der Waals surface area contributed by atoms with Gasteiger partial charge in [0.1, 0.15) is 23.6 Å². The summed E-state index contributed by atoms with van der Waals surface area (Å²) in [6.45, 7) is 2.31. The molecule has 2 N–H and O–H groups in total. The number of hydrogen-bond acceptors (Lipinski definition) is 5. The minimum absolute atomic E-state index is 0.223. The van der Waals surface area contributed by atoms with E-state index in [1.807, 2.05) is 31.2 Å². The van der Waals surface area contributed by atoms with Crippen molar-refractivity contribution in [3.63, 3.8) is 0 Å². The van der Waals surface area contributed by atoms with Gasteiger partial charge in [-0.05, 0) is 25.1 Å². The molecule has 8 nitrogen and oxygen atoms in total. The SMILES string of the molecule is CNC(=O)[C@@H]1C[C@H](Oc2cccnc2)CN1C(=O)c1cc(-c2ccc(C)cc2)n[nH]1. The van der Waals surface area contributed by atoms with Gasteiger partial charge >= 0.3 is 0 Å². The highest BCUT2D eigenvalue weighted by atomic mass is 16.5. The summed E-state index contributed by atoms with van der Waals surface area (Å²) < 4.78 is 5.94. The Morgan fingerprint density at radius 2 is 2.03 bits per heavy atom. The first-order valence-electron chi connectivity index (χ1n) is 9.77. The zero-order valence-corrected chi connectivity index (χ0v) is 16.8. The van der Waals surface area contributed by atoms with Crippen molar-refractivity contribution in [1.82, 2.24) is 25.4 Å². The molecule has 2 aromatic heterocycles. The van der Waals surface area contributed by atoms with E-state index in [4.69, 9.17) is 4.74 Å². The monoisotopic (exact) mass is 405 g/mol. The minimum Gasteiger partial charge on any atom is -0.487 e. The van der Waals surface area contributed by atoms with Crippen LogP contribution in [-0.4, -0.2) is 57.6 Å². The van der Waals surface area contributed by atoms with Crippen LogP contribution in [0.2, 0.25) is 0 Å². The van der Waals surface area contributed by atoms with Crippen LogP contribution in [0.4, 0.5) is 0 Å². The number of carbonyl (C=O) groups excluding carboxylic acids is 2. The number of ether oxygens (including phenoxy) is 1. The zero-order valence-electron chi connectivity index (χ0n) is 16.8. The second kappa shape index (κ2) is 8.36. The van der Waals surface area contributed by atoms with Crippen LogP contribution < -0.4 is 10.1 Å². The van der Waals surface area contributed by atoms with Gasteiger partial charge in [-0.15, -0.1) is 0 Å². The number of amides is 2. The second-order valence-corrected chi connectivity index (χ2v) is 7.28. The van der Waals surface area contributed by atoms with Gasteiger partial charge in [-0.3, -0.25) is 19.7 Å². The molecule has 1 aliphatic rings. The van der Waals surface area contributed by atoms with Crippen molar-refractivity contribution in [1.29, 1.82) is 0 Å². The van der Waals surface area contributed by atoms with Gasteiger partial charge in [0, 0.05) is 25.2 Å². The number of likely N-dealkylation sites (tertiary alicyclic amines) is 1. The number of H-pyrrole nitrogens is 1. The lowest BCUT2D eigenvalue weighted by Crippen LogP contribution is -2.45. The Morgan fingerprint density at radius 3 is 2.73 bits per heavy atom. The lowest BCUT2D eigenvalue weighted by atomic mass is 10.1. The average molecular weight is 405 g/mol. The number of carbonyl (C=O) groups is 2. The molecule has 1 aliphatic heterocycles. The van der Waals surface area contributed by atoms with Crippen LogP contribution in [0.1, 0.15) is 22.5 Å². The third-order valence-electron chi connectivity index (χ3n) is 5.17. The predicted molar refractivity (Wildman–Crippen MR) is 111 cm³/mol.